The van der Waals surface area contributed by atoms with Crippen molar-refractivity contribution in [2.75, 3.05) is 0 Å². The molecule has 1 aliphatic rings. The number of hydrogen-bond donors (Lipinski definition) is 0. The van der Waals surface area contributed by atoms with Crippen LogP contribution in [0.5, 0.6) is 0 Å². The van der Waals surface area contributed by atoms with E-state index < -0.39 is 5.41 Å². The van der Waals surface area contributed by atoms with E-state index in [0.717, 1.165) is 24.0 Å². The van der Waals surface area contributed by atoms with Gasteiger partial charge in [-0.3, -0.25) is 4.79 Å². The Morgan fingerprint density at radius 1 is 1.11 bits per heavy atom. The van der Waals surface area contributed by atoms with Crippen LogP contribution < -0.4 is 0 Å². The van der Waals surface area contributed by atoms with Crippen molar-refractivity contribution in [1.29, 1.82) is 0 Å². The van der Waals surface area contributed by atoms with Gasteiger partial charge in [0.05, 0.1) is 5.41 Å². The summed E-state index contributed by atoms with van der Waals surface area (Å²) in [4.78, 5) is 12.7. The lowest BCUT2D eigenvalue weighted by molar-refractivity contribution is 0.0945. The highest BCUT2D eigenvalue weighted by Crippen LogP contribution is 2.50. The Balaban J connectivity index is 2.00. The van der Waals surface area contributed by atoms with Crippen LogP contribution in [0.25, 0.3) is 0 Å². The molecule has 1 nitrogen and oxygen atoms in total. The molecule has 0 radical (unpaired) electrons. The van der Waals surface area contributed by atoms with E-state index in [-0.39, 0.29) is 11.6 Å². The molecule has 1 fully saturated rings. The second kappa shape index (κ2) is 4.30. The molecule has 2 aromatic rings. The van der Waals surface area contributed by atoms with Gasteiger partial charge in [0.1, 0.15) is 5.82 Å². The Morgan fingerprint density at radius 3 is 2.37 bits per heavy atom. The van der Waals surface area contributed by atoms with Crippen molar-refractivity contribution in [1.82, 2.24) is 0 Å². The van der Waals surface area contributed by atoms with Gasteiger partial charge in [-0.15, -0.1) is 0 Å². The zero-order chi connectivity index (χ0) is 13.5. The Morgan fingerprint density at radius 2 is 1.79 bits per heavy atom. The van der Waals surface area contributed by atoms with Gasteiger partial charge in [0, 0.05) is 5.56 Å². The number of benzene rings is 2. The summed E-state index contributed by atoms with van der Waals surface area (Å²) in [6.45, 7) is 1.81. The zero-order valence-corrected chi connectivity index (χ0v) is 10.8. The number of aryl methyl sites for hydroxylation is 1. The van der Waals surface area contributed by atoms with E-state index in [1.807, 2.05) is 37.3 Å². The minimum Gasteiger partial charge on any atom is -0.293 e. The minimum absolute atomic E-state index is 0.0429. The summed E-state index contributed by atoms with van der Waals surface area (Å²) in [6, 6.07) is 14.4. The lowest BCUT2D eigenvalue weighted by Crippen LogP contribution is -2.20. The van der Waals surface area contributed by atoms with Crippen molar-refractivity contribution >= 4 is 5.78 Å². The van der Waals surface area contributed by atoms with Crippen molar-refractivity contribution in [3.8, 4) is 0 Å². The van der Waals surface area contributed by atoms with E-state index in [4.69, 9.17) is 0 Å². The summed E-state index contributed by atoms with van der Waals surface area (Å²) in [6.07, 6.45) is 1.71. The number of halogens is 1. The Hall–Kier alpha value is -1.96. The van der Waals surface area contributed by atoms with E-state index in [2.05, 4.69) is 0 Å². The van der Waals surface area contributed by atoms with E-state index >= 15 is 0 Å². The molecular formula is C17H15FO. The molecular weight excluding hydrogens is 239 g/mol. The first kappa shape index (κ1) is 12.1. The minimum atomic E-state index is -0.415. The van der Waals surface area contributed by atoms with Crippen LogP contribution in [-0.2, 0) is 5.41 Å². The van der Waals surface area contributed by atoms with Gasteiger partial charge >= 0.3 is 0 Å². The number of hydrogen-bond acceptors (Lipinski definition) is 1. The molecule has 0 heterocycles. The predicted octanol–water partition coefficient (Wildman–Crippen LogP) is 4.05. The first-order valence-corrected chi connectivity index (χ1v) is 6.49. The fourth-order valence-corrected chi connectivity index (χ4v) is 2.67. The molecule has 0 saturated heterocycles. The predicted molar refractivity (Wildman–Crippen MR) is 72.8 cm³/mol. The lowest BCUT2D eigenvalue weighted by atomic mass is 9.87. The highest BCUT2D eigenvalue weighted by atomic mass is 19.1. The second-order valence-corrected chi connectivity index (χ2v) is 5.29. The molecule has 0 unspecified atom stereocenters. The van der Waals surface area contributed by atoms with Gasteiger partial charge in [-0.2, -0.15) is 0 Å². The smallest absolute Gasteiger partial charge is 0.173 e. The number of Topliss-reactive ketones (excluding diaryl/α,β-unsaturated/α-hetero) is 1. The maximum absolute atomic E-state index is 13.4. The normalized spacial score (nSPS) is 16.1. The molecule has 0 amide bonds. The summed E-state index contributed by atoms with van der Waals surface area (Å²) in [7, 11) is 0. The van der Waals surface area contributed by atoms with Crippen LogP contribution in [-0.4, -0.2) is 5.78 Å². The molecule has 19 heavy (non-hydrogen) atoms. The fraction of sp³-hybridized carbons (Fsp3) is 0.235. The summed E-state index contributed by atoms with van der Waals surface area (Å²) in [5, 5.41) is 0. The highest BCUT2D eigenvalue weighted by Gasteiger charge is 2.51. The summed E-state index contributed by atoms with van der Waals surface area (Å²) < 4.78 is 13.4. The van der Waals surface area contributed by atoms with Gasteiger partial charge in [-0.25, -0.2) is 4.39 Å². The van der Waals surface area contributed by atoms with Crippen LogP contribution in [0.3, 0.4) is 0 Å². The second-order valence-electron chi connectivity index (χ2n) is 5.29. The molecule has 0 aromatic heterocycles. The van der Waals surface area contributed by atoms with Crippen LogP contribution in [0.1, 0.15) is 34.3 Å². The third-order valence-corrected chi connectivity index (χ3v) is 3.82. The highest BCUT2D eigenvalue weighted by molar-refractivity contribution is 6.06. The Kier molecular flexibility index (Phi) is 2.74. The van der Waals surface area contributed by atoms with E-state index in [1.165, 1.54) is 12.1 Å². The monoisotopic (exact) mass is 254 g/mol. The standard InChI is InChI=1S/C17H15FO/c1-12-9-13(11-15(18)10-12)16(19)17(7-8-17)14-5-3-2-4-6-14/h2-6,9-11H,7-8H2,1H3. The molecule has 0 spiro atoms. The van der Waals surface area contributed by atoms with Crippen molar-refractivity contribution in [3.05, 3.63) is 71.0 Å². The maximum atomic E-state index is 13.4. The number of carbonyl (C=O) groups excluding carboxylic acids is 1. The number of carbonyl (C=O) groups is 1. The van der Waals surface area contributed by atoms with Gasteiger partial charge in [0.2, 0.25) is 0 Å². The molecule has 0 N–H and O–H groups in total. The van der Waals surface area contributed by atoms with Gasteiger partial charge in [0.25, 0.3) is 0 Å². The molecule has 0 bridgehead atoms. The SMILES string of the molecule is Cc1cc(F)cc(C(=O)C2(c3ccccc3)CC2)c1. The quantitative estimate of drug-likeness (QED) is 0.755. The van der Waals surface area contributed by atoms with Gasteiger partial charge < -0.3 is 0 Å². The third kappa shape index (κ3) is 2.07. The van der Waals surface area contributed by atoms with Crippen molar-refractivity contribution < 1.29 is 9.18 Å². The van der Waals surface area contributed by atoms with Crippen LogP contribution in [0.2, 0.25) is 0 Å². The average Bonchev–Trinajstić information content (AvgIpc) is 3.19. The Bertz CT molecular complexity index is 607. The van der Waals surface area contributed by atoms with Crippen LogP contribution >= 0.6 is 0 Å². The van der Waals surface area contributed by atoms with E-state index in [9.17, 15) is 9.18 Å². The molecule has 1 aliphatic carbocycles. The summed E-state index contributed by atoms with van der Waals surface area (Å²) in [5.74, 6) is -0.298. The molecule has 1 saturated carbocycles. The van der Waals surface area contributed by atoms with Crippen molar-refractivity contribution in [3.63, 3.8) is 0 Å². The molecule has 3 rings (SSSR count). The van der Waals surface area contributed by atoms with Crippen LogP contribution in [0, 0.1) is 12.7 Å². The van der Waals surface area contributed by atoms with E-state index in [0.29, 0.717) is 5.56 Å². The van der Waals surface area contributed by atoms with Crippen molar-refractivity contribution in [2.24, 2.45) is 0 Å². The molecule has 0 aliphatic heterocycles. The first-order valence-electron chi connectivity index (χ1n) is 6.49. The lowest BCUT2D eigenvalue weighted by Gasteiger charge is -2.15. The first-order chi connectivity index (χ1) is 9.12. The molecule has 2 aromatic carbocycles. The average molecular weight is 254 g/mol. The van der Waals surface area contributed by atoms with Crippen LogP contribution in [0.4, 0.5) is 4.39 Å². The summed E-state index contributed by atoms with van der Waals surface area (Å²) >= 11 is 0. The molecule has 96 valence electrons. The van der Waals surface area contributed by atoms with E-state index in [1.54, 1.807) is 6.07 Å². The number of ketones is 1. The van der Waals surface area contributed by atoms with Crippen molar-refractivity contribution in [2.45, 2.75) is 25.2 Å². The molecule has 0 atom stereocenters. The largest absolute Gasteiger partial charge is 0.293 e. The van der Waals surface area contributed by atoms with Crippen LogP contribution in [0.15, 0.2) is 48.5 Å². The van der Waals surface area contributed by atoms with Gasteiger partial charge in [0.15, 0.2) is 5.78 Å². The maximum Gasteiger partial charge on any atom is 0.173 e. The van der Waals surface area contributed by atoms with Gasteiger partial charge in [-0.05, 0) is 49.1 Å². The fourth-order valence-electron chi connectivity index (χ4n) is 2.67. The number of rotatable bonds is 3. The topological polar surface area (TPSA) is 17.1 Å². The summed E-state index contributed by atoms with van der Waals surface area (Å²) in [5.41, 5.74) is 1.90. The third-order valence-electron chi connectivity index (χ3n) is 3.82. The van der Waals surface area contributed by atoms with Gasteiger partial charge in [-0.1, -0.05) is 30.3 Å². The Labute approximate surface area is 112 Å². The zero-order valence-electron chi connectivity index (χ0n) is 10.8. The molecule has 2 heteroatoms.